The Labute approximate surface area is 82.4 Å². The summed E-state index contributed by atoms with van der Waals surface area (Å²) >= 11 is 5.66. The van der Waals surface area contributed by atoms with Crippen LogP contribution in [0.25, 0.3) is 0 Å². The van der Waals surface area contributed by atoms with Crippen molar-refractivity contribution in [3.63, 3.8) is 0 Å². The molecule has 0 aliphatic carbocycles. The molecule has 0 saturated carbocycles. The SMILES string of the molecule is Cl.N#Cc1cc(Cl)ccc1CN. The summed E-state index contributed by atoms with van der Waals surface area (Å²) in [6, 6.07) is 7.13. The standard InChI is InChI=1S/C8H7ClN2.ClH/c9-8-2-1-6(4-10)7(3-8)5-11;/h1-3H,4,10H2;1H. The summed E-state index contributed by atoms with van der Waals surface area (Å²) in [4.78, 5) is 0. The number of halogens is 2. The van der Waals surface area contributed by atoms with Crippen molar-refractivity contribution in [1.29, 1.82) is 5.26 Å². The molecule has 0 aliphatic heterocycles. The lowest BCUT2D eigenvalue weighted by Crippen LogP contribution is -1.98. The van der Waals surface area contributed by atoms with Crippen LogP contribution in [-0.2, 0) is 6.54 Å². The van der Waals surface area contributed by atoms with Crippen LogP contribution in [-0.4, -0.2) is 0 Å². The molecule has 0 atom stereocenters. The van der Waals surface area contributed by atoms with Gasteiger partial charge in [0.15, 0.2) is 0 Å². The van der Waals surface area contributed by atoms with Crippen molar-refractivity contribution >= 4 is 24.0 Å². The van der Waals surface area contributed by atoms with E-state index in [2.05, 4.69) is 0 Å². The third-order valence-corrected chi connectivity index (χ3v) is 1.65. The number of nitriles is 1. The second-order valence-electron chi connectivity index (χ2n) is 2.12. The van der Waals surface area contributed by atoms with Gasteiger partial charge in [0.1, 0.15) is 0 Å². The second kappa shape index (κ2) is 5.00. The highest BCUT2D eigenvalue weighted by Gasteiger charge is 1.99. The summed E-state index contributed by atoms with van der Waals surface area (Å²) < 4.78 is 0. The Bertz CT molecular complexity index is 304. The van der Waals surface area contributed by atoms with Gasteiger partial charge in [0, 0.05) is 11.6 Å². The number of benzene rings is 1. The number of nitrogens with two attached hydrogens (primary N) is 1. The minimum Gasteiger partial charge on any atom is -0.326 e. The zero-order valence-electron chi connectivity index (χ0n) is 6.25. The van der Waals surface area contributed by atoms with Crippen LogP contribution in [0.15, 0.2) is 18.2 Å². The smallest absolute Gasteiger partial charge is 0.0995 e. The van der Waals surface area contributed by atoms with Gasteiger partial charge in [-0.2, -0.15) is 5.26 Å². The molecule has 0 aliphatic rings. The fourth-order valence-corrected chi connectivity index (χ4v) is 1.00. The monoisotopic (exact) mass is 202 g/mol. The van der Waals surface area contributed by atoms with Gasteiger partial charge < -0.3 is 5.73 Å². The van der Waals surface area contributed by atoms with Gasteiger partial charge in [-0.05, 0) is 17.7 Å². The third kappa shape index (κ3) is 2.38. The first-order valence-corrected chi connectivity index (χ1v) is 3.54. The molecule has 1 rings (SSSR count). The third-order valence-electron chi connectivity index (χ3n) is 1.41. The Morgan fingerprint density at radius 1 is 1.50 bits per heavy atom. The summed E-state index contributed by atoms with van der Waals surface area (Å²) in [5, 5.41) is 9.18. The van der Waals surface area contributed by atoms with E-state index in [1.807, 2.05) is 6.07 Å². The van der Waals surface area contributed by atoms with Crippen molar-refractivity contribution in [3.8, 4) is 6.07 Å². The van der Waals surface area contributed by atoms with Crippen LogP contribution < -0.4 is 5.73 Å². The van der Waals surface area contributed by atoms with Gasteiger partial charge in [-0.25, -0.2) is 0 Å². The van der Waals surface area contributed by atoms with Crippen molar-refractivity contribution in [3.05, 3.63) is 34.3 Å². The lowest BCUT2D eigenvalue weighted by Gasteiger charge is -1.98. The molecule has 64 valence electrons. The van der Waals surface area contributed by atoms with Crippen molar-refractivity contribution in [2.45, 2.75) is 6.54 Å². The van der Waals surface area contributed by atoms with E-state index >= 15 is 0 Å². The number of nitrogens with zero attached hydrogens (tertiary/aromatic N) is 1. The van der Waals surface area contributed by atoms with Crippen LogP contribution in [0.3, 0.4) is 0 Å². The van der Waals surface area contributed by atoms with Gasteiger partial charge >= 0.3 is 0 Å². The molecule has 1 aromatic carbocycles. The zero-order valence-corrected chi connectivity index (χ0v) is 7.82. The van der Waals surface area contributed by atoms with E-state index in [4.69, 9.17) is 22.6 Å². The minimum atomic E-state index is 0. The van der Waals surface area contributed by atoms with E-state index in [0.29, 0.717) is 17.1 Å². The number of hydrogen-bond acceptors (Lipinski definition) is 2. The summed E-state index contributed by atoms with van der Waals surface area (Å²) in [5.41, 5.74) is 6.77. The van der Waals surface area contributed by atoms with Gasteiger partial charge in [-0.1, -0.05) is 17.7 Å². The highest BCUT2D eigenvalue weighted by molar-refractivity contribution is 6.30. The van der Waals surface area contributed by atoms with E-state index in [-0.39, 0.29) is 12.4 Å². The van der Waals surface area contributed by atoms with Crippen molar-refractivity contribution in [2.75, 3.05) is 0 Å². The van der Waals surface area contributed by atoms with Crippen molar-refractivity contribution in [2.24, 2.45) is 5.73 Å². The molecule has 4 heteroatoms. The Balaban J connectivity index is 0.00000121. The summed E-state index contributed by atoms with van der Waals surface area (Å²) in [6.45, 7) is 0.375. The second-order valence-corrected chi connectivity index (χ2v) is 2.55. The quantitative estimate of drug-likeness (QED) is 0.759. The van der Waals surface area contributed by atoms with Crippen molar-refractivity contribution < 1.29 is 0 Å². The molecule has 0 fully saturated rings. The predicted molar refractivity (Wildman–Crippen MR) is 51.3 cm³/mol. The predicted octanol–water partition coefficient (Wildman–Crippen LogP) is 2.09. The zero-order chi connectivity index (χ0) is 8.27. The molecular weight excluding hydrogens is 195 g/mol. The van der Waals surface area contributed by atoms with E-state index in [1.165, 1.54) is 0 Å². The molecule has 0 bridgehead atoms. The van der Waals surface area contributed by atoms with E-state index in [1.54, 1.807) is 18.2 Å². The van der Waals surface area contributed by atoms with Crippen LogP contribution >= 0.6 is 24.0 Å². The van der Waals surface area contributed by atoms with Gasteiger partial charge in [0.25, 0.3) is 0 Å². The highest BCUT2D eigenvalue weighted by Crippen LogP contribution is 2.14. The van der Waals surface area contributed by atoms with Crippen LogP contribution in [0.2, 0.25) is 5.02 Å². The Kier molecular flexibility index (Phi) is 4.68. The molecule has 0 radical (unpaired) electrons. The molecule has 2 N–H and O–H groups in total. The average Bonchev–Trinajstić information content (AvgIpc) is 2.04. The van der Waals surface area contributed by atoms with E-state index in [0.717, 1.165) is 5.56 Å². The molecule has 0 spiro atoms. The Morgan fingerprint density at radius 2 is 2.17 bits per heavy atom. The van der Waals surface area contributed by atoms with Gasteiger partial charge in [-0.15, -0.1) is 12.4 Å². The van der Waals surface area contributed by atoms with Gasteiger partial charge in [0.05, 0.1) is 11.6 Å². The van der Waals surface area contributed by atoms with Crippen LogP contribution in [0.5, 0.6) is 0 Å². The molecule has 0 amide bonds. The fraction of sp³-hybridized carbons (Fsp3) is 0.125. The van der Waals surface area contributed by atoms with Gasteiger partial charge in [-0.3, -0.25) is 0 Å². The maximum absolute atomic E-state index is 8.61. The minimum absolute atomic E-state index is 0. The normalized spacial score (nSPS) is 8.42. The molecule has 1 aromatic rings. The van der Waals surface area contributed by atoms with Gasteiger partial charge in [0.2, 0.25) is 0 Å². The Hall–Kier alpha value is -0.750. The Morgan fingerprint density at radius 3 is 2.67 bits per heavy atom. The van der Waals surface area contributed by atoms with E-state index < -0.39 is 0 Å². The highest BCUT2D eigenvalue weighted by atomic mass is 35.5. The summed E-state index contributed by atoms with van der Waals surface area (Å²) in [6.07, 6.45) is 0. The first kappa shape index (κ1) is 11.2. The summed E-state index contributed by atoms with van der Waals surface area (Å²) in [5.74, 6) is 0. The average molecular weight is 203 g/mol. The maximum atomic E-state index is 8.61. The number of rotatable bonds is 1. The molecular formula is C8H8Cl2N2. The molecule has 0 heterocycles. The van der Waals surface area contributed by atoms with E-state index in [9.17, 15) is 0 Å². The van der Waals surface area contributed by atoms with Crippen molar-refractivity contribution in [1.82, 2.24) is 0 Å². The van der Waals surface area contributed by atoms with Crippen LogP contribution in [0.4, 0.5) is 0 Å². The molecule has 0 saturated heterocycles. The van der Waals surface area contributed by atoms with Crippen LogP contribution in [0, 0.1) is 11.3 Å². The molecule has 0 aromatic heterocycles. The first-order chi connectivity index (χ1) is 5.27. The molecule has 0 unspecified atom stereocenters. The number of hydrogen-bond donors (Lipinski definition) is 1. The fourth-order valence-electron chi connectivity index (χ4n) is 0.831. The summed E-state index contributed by atoms with van der Waals surface area (Å²) in [7, 11) is 0. The van der Waals surface area contributed by atoms with Crippen LogP contribution in [0.1, 0.15) is 11.1 Å². The largest absolute Gasteiger partial charge is 0.326 e. The topological polar surface area (TPSA) is 49.8 Å². The lowest BCUT2D eigenvalue weighted by molar-refractivity contribution is 1.06. The lowest BCUT2D eigenvalue weighted by atomic mass is 10.1. The maximum Gasteiger partial charge on any atom is 0.0995 e. The molecule has 12 heavy (non-hydrogen) atoms. The first-order valence-electron chi connectivity index (χ1n) is 3.16. The molecule has 2 nitrogen and oxygen atoms in total.